The van der Waals surface area contributed by atoms with Crippen LogP contribution in [0, 0.1) is 6.92 Å². The van der Waals surface area contributed by atoms with Gasteiger partial charge in [-0.2, -0.15) is 0 Å². The smallest absolute Gasteiger partial charge is 0.177 e. The van der Waals surface area contributed by atoms with Gasteiger partial charge in [0.15, 0.2) is 5.65 Å². The van der Waals surface area contributed by atoms with Gasteiger partial charge in [-0.1, -0.05) is 30.3 Å². The molecule has 0 aliphatic carbocycles. The third-order valence-corrected chi connectivity index (χ3v) is 2.63. The molecule has 3 N–H and O–H groups in total. The number of nitrogen functional groups attached to an aromatic ring is 1. The number of nitrogens with zero attached hydrogens (tertiary/aromatic N) is 2. The molecule has 0 aliphatic heterocycles. The van der Waals surface area contributed by atoms with E-state index in [4.69, 9.17) is 5.73 Å². The van der Waals surface area contributed by atoms with Gasteiger partial charge in [0.25, 0.3) is 0 Å². The first-order valence-corrected chi connectivity index (χ1v) is 5.14. The lowest BCUT2D eigenvalue weighted by atomic mass is 10.1. The van der Waals surface area contributed by atoms with Gasteiger partial charge >= 0.3 is 0 Å². The Labute approximate surface area is 92.7 Å². The van der Waals surface area contributed by atoms with Gasteiger partial charge in [-0.15, -0.1) is 0 Å². The highest BCUT2D eigenvalue weighted by atomic mass is 15.3. The van der Waals surface area contributed by atoms with Crippen molar-refractivity contribution < 1.29 is 0 Å². The summed E-state index contributed by atoms with van der Waals surface area (Å²) in [6.45, 7) is 1.95. The Kier molecular flexibility index (Phi) is 1.77. The van der Waals surface area contributed by atoms with Crippen LogP contribution in [-0.4, -0.2) is 14.6 Å². The molecule has 0 spiro atoms. The summed E-state index contributed by atoms with van der Waals surface area (Å²) in [7, 11) is 0. The van der Waals surface area contributed by atoms with Crippen molar-refractivity contribution in [2.75, 3.05) is 5.73 Å². The van der Waals surface area contributed by atoms with E-state index in [0.29, 0.717) is 5.69 Å². The summed E-state index contributed by atoms with van der Waals surface area (Å²) < 4.78 is 1.85. The van der Waals surface area contributed by atoms with Crippen LogP contribution in [0.5, 0.6) is 0 Å². The second-order valence-corrected chi connectivity index (χ2v) is 3.84. The van der Waals surface area contributed by atoms with Crippen LogP contribution in [0.15, 0.2) is 36.5 Å². The van der Waals surface area contributed by atoms with E-state index < -0.39 is 0 Å². The number of nitrogens with two attached hydrogens (primary N) is 1. The summed E-state index contributed by atoms with van der Waals surface area (Å²) in [4.78, 5) is 4.37. The Bertz CT molecular complexity index is 634. The summed E-state index contributed by atoms with van der Waals surface area (Å²) >= 11 is 0. The zero-order valence-electron chi connectivity index (χ0n) is 8.94. The SMILES string of the molecule is Cc1cn2[nH]c(-c3ccccc3)c(N)c2n1. The first-order chi connectivity index (χ1) is 7.75. The first kappa shape index (κ1) is 9.03. The van der Waals surface area contributed by atoms with Crippen molar-refractivity contribution in [2.24, 2.45) is 0 Å². The minimum atomic E-state index is 0.694. The molecule has 0 saturated carbocycles. The van der Waals surface area contributed by atoms with Gasteiger partial charge in [0.05, 0.1) is 17.6 Å². The molecule has 0 saturated heterocycles. The zero-order valence-corrected chi connectivity index (χ0v) is 8.94. The Morgan fingerprint density at radius 1 is 1.25 bits per heavy atom. The number of aromatic amines is 1. The van der Waals surface area contributed by atoms with Crippen LogP contribution in [0.1, 0.15) is 5.69 Å². The van der Waals surface area contributed by atoms with Crippen molar-refractivity contribution in [2.45, 2.75) is 6.92 Å². The molecule has 0 amide bonds. The van der Waals surface area contributed by atoms with E-state index in [1.165, 1.54) is 0 Å². The highest BCUT2D eigenvalue weighted by Crippen LogP contribution is 2.27. The lowest BCUT2D eigenvalue weighted by molar-refractivity contribution is 0.975. The third kappa shape index (κ3) is 1.20. The van der Waals surface area contributed by atoms with E-state index in [1.54, 1.807) is 0 Å². The molecule has 2 aromatic heterocycles. The zero-order chi connectivity index (χ0) is 11.1. The molecule has 4 nitrogen and oxygen atoms in total. The maximum atomic E-state index is 6.07. The molecule has 2 heterocycles. The molecule has 3 aromatic rings. The average Bonchev–Trinajstić information content (AvgIpc) is 2.79. The number of rotatable bonds is 1. The summed E-state index contributed by atoms with van der Waals surface area (Å²) in [6, 6.07) is 10.0. The van der Waals surface area contributed by atoms with E-state index >= 15 is 0 Å². The second-order valence-electron chi connectivity index (χ2n) is 3.84. The maximum Gasteiger partial charge on any atom is 0.177 e. The number of benzene rings is 1. The molecule has 0 radical (unpaired) electrons. The van der Waals surface area contributed by atoms with Crippen LogP contribution in [0.2, 0.25) is 0 Å². The number of hydrogen-bond donors (Lipinski definition) is 2. The van der Waals surface area contributed by atoms with Gasteiger partial charge in [0.2, 0.25) is 0 Å². The molecule has 4 heteroatoms. The Balaban J connectivity index is 2.25. The van der Waals surface area contributed by atoms with Gasteiger partial charge in [-0.25, -0.2) is 9.50 Å². The van der Waals surface area contributed by atoms with Crippen LogP contribution in [-0.2, 0) is 0 Å². The number of aryl methyl sites for hydroxylation is 1. The van der Waals surface area contributed by atoms with E-state index in [2.05, 4.69) is 10.1 Å². The van der Waals surface area contributed by atoms with Crippen molar-refractivity contribution in [3.63, 3.8) is 0 Å². The fourth-order valence-corrected chi connectivity index (χ4v) is 1.89. The van der Waals surface area contributed by atoms with Gasteiger partial charge in [-0.3, -0.25) is 5.10 Å². The van der Waals surface area contributed by atoms with Crippen molar-refractivity contribution >= 4 is 11.3 Å². The fourth-order valence-electron chi connectivity index (χ4n) is 1.89. The molecular formula is C12H12N4. The van der Waals surface area contributed by atoms with Crippen molar-refractivity contribution in [1.29, 1.82) is 0 Å². The highest BCUT2D eigenvalue weighted by molar-refractivity contribution is 5.83. The van der Waals surface area contributed by atoms with Gasteiger partial charge < -0.3 is 5.73 Å². The molecule has 0 atom stereocenters. The summed E-state index contributed by atoms with van der Waals surface area (Å²) in [5.74, 6) is 0. The fraction of sp³-hybridized carbons (Fsp3) is 0.0833. The van der Waals surface area contributed by atoms with Crippen LogP contribution >= 0.6 is 0 Å². The number of aromatic nitrogens is 3. The summed E-state index contributed by atoms with van der Waals surface area (Å²) in [5.41, 5.74) is 10.5. The van der Waals surface area contributed by atoms with Crippen LogP contribution in [0.25, 0.3) is 16.9 Å². The molecule has 0 unspecified atom stereocenters. The number of fused-ring (bicyclic) bond motifs is 1. The largest absolute Gasteiger partial charge is 0.394 e. The third-order valence-electron chi connectivity index (χ3n) is 2.63. The van der Waals surface area contributed by atoms with E-state index in [1.807, 2.05) is 48.0 Å². The molecule has 80 valence electrons. The predicted octanol–water partition coefficient (Wildman–Crippen LogP) is 2.22. The number of H-pyrrole nitrogens is 1. The van der Waals surface area contributed by atoms with Crippen LogP contribution < -0.4 is 5.73 Å². The van der Waals surface area contributed by atoms with Gasteiger partial charge in [0, 0.05) is 5.56 Å². The molecule has 3 rings (SSSR count). The Morgan fingerprint density at radius 3 is 2.69 bits per heavy atom. The quantitative estimate of drug-likeness (QED) is 0.649. The Hall–Kier alpha value is -2.23. The maximum absolute atomic E-state index is 6.07. The molecular weight excluding hydrogens is 200 g/mol. The predicted molar refractivity (Wildman–Crippen MR) is 64.1 cm³/mol. The minimum absolute atomic E-state index is 0.694. The molecule has 16 heavy (non-hydrogen) atoms. The van der Waals surface area contributed by atoms with E-state index in [-0.39, 0.29) is 0 Å². The number of anilines is 1. The Morgan fingerprint density at radius 2 is 2.00 bits per heavy atom. The lowest BCUT2D eigenvalue weighted by Crippen LogP contribution is -1.87. The van der Waals surface area contributed by atoms with Crippen LogP contribution in [0.3, 0.4) is 0 Å². The number of nitrogens with one attached hydrogen (secondary N) is 1. The van der Waals surface area contributed by atoms with Gasteiger partial charge in [-0.05, 0) is 6.92 Å². The second kappa shape index (κ2) is 3.13. The van der Waals surface area contributed by atoms with Gasteiger partial charge in [0.1, 0.15) is 5.69 Å². The summed E-state index contributed by atoms with van der Waals surface area (Å²) in [6.07, 6.45) is 1.93. The van der Waals surface area contributed by atoms with E-state index in [9.17, 15) is 0 Å². The van der Waals surface area contributed by atoms with Crippen LogP contribution in [0.4, 0.5) is 5.69 Å². The first-order valence-electron chi connectivity index (χ1n) is 5.14. The number of imidazole rings is 1. The molecule has 0 aliphatic rings. The van der Waals surface area contributed by atoms with Crippen molar-refractivity contribution in [1.82, 2.24) is 14.6 Å². The molecule has 0 fully saturated rings. The highest BCUT2D eigenvalue weighted by Gasteiger charge is 2.11. The van der Waals surface area contributed by atoms with Crippen molar-refractivity contribution in [3.05, 3.63) is 42.2 Å². The minimum Gasteiger partial charge on any atom is -0.394 e. The standard InChI is InChI=1S/C12H12N4/c1-8-7-16-12(14-8)10(13)11(15-16)9-5-3-2-4-6-9/h2-7,15H,13H2,1H3. The molecule has 1 aromatic carbocycles. The number of hydrogen-bond acceptors (Lipinski definition) is 2. The molecule has 0 bridgehead atoms. The van der Waals surface area contributed by atoms with E-state index in [0.717, 1.165) is 22.6 Å². The van der Waals surface area contributed by atoms with Crippen molar-refractivity contribution in [3.8, 4) is 11.3 Å². The topological polar surface area (TPSA) is 59.1 Å². The monoisotopic (exact) mass is 212 g/mol. The average molecular weight is 212 g/mol. The normalized spacial score (nSPS) is 11.1. The summed E-state index contributed by atoms with van der Waals surface area (Å²) in [5, 5.41) is 3.23. The lowest BCUT2D eigenvalue weighted by Gasteiger charge is -1.98.